The summed E-state index contributed by atoms with van der Waals surface area (Å²) in [6.07, 6.45) is 0. The number of rotatable bonds is 4. The molecule has 0 aliphatic carbocycles. The van der Waals surface area contributed by atoms with Gasteiger partial charge in [-0.25, -0.2) is 0 Å². The molecular weight excluding hydrogens is 266 g/mol. The van der Waals surface area contributed by atoms with Gasteiger partial charge in [-0.1, -0.05) is 12.1 Å². The predicted octanol–water partition coefficient (Wildman–Crippen LogP) is 3.12. The van der Waals surface area contributed by atoms with Crippen LogP contribution in [-0.4, -0.2) is 12.5 Å². The van der Waals surface area contributed by atoms with E-state index in [9.17, 15) is 13.6 Å². The maximum absolute atomic E-state index is 12.0. The van der Waals surface area contributed by atoms with Gasteiger partial charge in [0.05, 0.1) is 5.56 Å². The molecule has 0 heterocycles. The minimum absolute atomic E-state index is 0.0252. The first-order valence-electron chi connectivity index (χ1n) is 5.77. The summed E-state index contributed by atoms with van der Waals surface area (Å²) in [6.45, 7) is -2.88. The van der Waals surface area contributed by atoms with Crippen LogP contribution in [0.5, 0.6) is 5.75 Å². The van der Waals surface area contributed by atoms with Crippen LogP contribution < -0.4 is 15.8 Å². The average molecular weight is 278 g/mol. The van der Waals surface area contributed by atoms with Crippen molar-refractivity contribution in [2.45, 2.75) is 6.61 Å². The molecule has 0 radical (unpaired) electrons. The van der Waals surface area contributed by atoms with Crippen molar-refractivity contribution >= 4 is 17.3 Å². The molecule has 2 aromatic carbocycles. The second-order valence-corrected chi connectivity index (χ2v) is 3.94. The number of carbonyl (C=O) groups is 1. The van der Waals surface area contributed by atoms with E-state index in [0.29, 0.717) is 16.9 Å². The number of hydrogen-bond acceptors (Lipinski definition) is 3. The van der Waals surface area contributed by atoms with Crippen LogP contribution in [0.2, 0.25) is 0 Å². The van der Waals surface area contributed by atoms with E-state index in [1.54, 1.807) is 24.3 Å². The second-order valence-electron chi connectivity index (χ2n) is 3.94. The molecule has 6 heteroatoms. The molecule has 0 aliphatic rings. The number of alkyl halides is 2. The van der Waals surface area contributed by atoms with Gasteiger partial charge in [-0.15, -0.1) is 0 Å². The van der Waals surface area contributed by atoms with Crippen molar-refractivity contribution in [3.8, 4) is 5.75 Å². The Kier molecular flexibility index (Phi) is 4.14. The van der Waals surface area contributed by atoms with Gasteiger partial charge in [0.25, 0.3) is 5.91 Å². The number of amides is 1. The molecule has 0 aliphatic heterocycles. The lowest BCUT2D eigenvalue weighted by atomic mass is 10.1. The molecule has 3 N–H and O–H groups in total. The van der Waals surface area contributed by atoms with Crippen LogP contribution in [0.4, 0.5) is 20.2 Å². The lowest BCUT2D eigenvalue weighted by molar-refractivity contribution is -0.0498. The van der Waals surface area contributed by atoms with Crippen LogP contribution in [0, 0.1) is 0 Å². The molecule has 0 saturated heterocycles. The zero-order chi connectivity index (χ0) is 14.5. The molecule has 104 valence electrons. The highest BCUT2D eigenvalue weighted by Crippen LogP contribution is 2.19. The quantitative estimate of drug-likeness (QED) is 0.844. The highest BCUT2D eigenvalue weighted by molar-refractivity contribution is 6.07. The number of hydrogen-bond donors (Lipinski definition) is 2. The first-order chi connectivity index (χ1) is 9.56. The van der Waals surface area contributed by atoms with E-state index in [0.717, 1.165) is 0 Å². The highest BCUT2D eigenvalue weighted by Gasteiger charge is 2.09. The van der Waals surface area contributed by atoms with E-state index >= 15 is 0 Å². The van der Waals surface area contributed by atoms with E-state index in [2.05, 4.69) is 10.1 Å². The van der Waals surface area contributed by atoms with Gasteiger partial charge in [0.15, 0.2) is 0 Å². The number of nitrogens with two attached hydrogens (primary N) is 1. The lowest BCUT2D eigenvalue weighted by Gasteiger charge is -2.08. The fourth-order valence-corrected chi connectivity index (χ4v) is 1.62. The number of anilines is 2. The van der Waals surface area contributed by atoms with Crippen molar-refractivity contribution in [1.29, 1.82) is 0 Å². The molecule has 0 bridgehead atoms. The third kappa shape index (κ3) is 3.44. The average Bonchev–Trinajstić information content (AvgIpc) is 2.41. The van der Waals surface area contributed by atoms with E-state index in [1.807, 2.05) is 0 Å². The van der Waals surface area contributed by atoms with Crippen molar-refractivity contribution in [2.75, 3.05) is 11.1 Å². The van der Waals surface area contributed by atoms with Gasteiger partial charge in [-0.3, -0.25) is 4.79 Å². The molecule has 0 aromatic heterocycles. The smallest absolute Gasteiger partial charge is 0.387 e. The number of para-hydroxylation sites is 1. The van der Waals surface area contributed by atoms with Crippen LogP contribution in [-0.2, 0) is 0 Å². The maximum atomic E-state index is 12.0. The Morgan fingerprint density at radius 1 is 1.10 bits per heavy atom. The number of halogens is 2. The van der Waals surface area contributed by atoms with Crippen LogP contribution in [0.15, 0.2) is 48.5 Å². The summed E-state index contributed by atoms with van der Waals surface area (Å²) in [5, 5.41) is 2.62. The number of ether oxygens (including phenoxy) is 1. The van der Waals surface area contributed by atoms with E-state index in [-0.39, 0.29) is 11.7 Å². The normalized spacial score (nSPS) is 10.3. The minimum atomic E-state index is -2.88. The molecular formula is C14H12F2N2O2. The second kappa shape index (κ2) is 6.01. The highest BCUT2D eigenvalue weighted by atomic mass is 19.3. The number of carbonyl (C=O) groups excluding carboxylic acids is 1. The Balaban J connectivity index is 2.07. The molecule has 20 heavy (non-hydrogen) atoms. The van der Waals surface area contributed by atoms with E-state index < -0.39 is 6.61 Å². The first kappa shape index (κ1) is 13.8. The molecule has 1 amide bonds. The topological polar surface area (TPSA) is 64.4 Å². The van der Waals surface area contributed by atoms with Crippen molar-refractivity contribution in [3.63, 3.8) is 0 Å². The van der Waals surface area contributed by atoms with E-state index in [1.165, 1.54) is 24.3 Å². The van der Waals surface area contributed by atoms with Gasteiger partial charge in [0.2, 0.25) is 0 Å². The predicted molar refractivity (Wildman–Crippen MR) is 71.9 cm³/mol. The van der Waals surface area contributed by atoms with Crippen molar-refractivity contribution in [3.05, 3.63) is 54.1 Å². The third-order valence-corrected chi connectivity index (χ3v) is 2.54. The summed E-state index contributed by atoms with van der Waals surface area (Å²) in [5.74, 6) is -0.345. The molecule has 0 saturated carbocycles. The third-order valence-electron chi connectivity index (χ3n) is 2.54. The summed E-state index contributed by atoms with van der Waals surface area (Å²) in [6, 6.07) is 12.3. The SMILES string of the molecule is Nc1ccccc1C(=O)Nc1ccc(OC(F)F)cc1. The zero-order valence-electron chi connectivity index (χ0n) is 10.3. The fourth-order valence-electron chi connectivity index (χ4n) is 1.62. The van der Waals surface area contributed by atoms with Crippen LogP contribution >= 0.6 is 0 Å². The number of nitrogen functional groups attached to an aromatic ring is 1. The molecule has 0 spiro atoms. The summed E-state index contributed by atoms with van der Waals surface area (Å²) in [4.78, 5) is 12.0. The van der Waals surface area contributed by atoms with Gasteiger partial charge >= 0.3 is 6.61 Å². The molecule has 0 atom stereocenters. The Hall–Kier alpha value is -2.63. The Morgan fingerprint density at radius 3 is 2.35 bits per heavy atom. The van der Waals surface area contributed by atoms with Gasteiger partial charge in [-0.05, 0) is 36.4 Å². The molecule has 2 rings (SSSR count). The zero-order valence-corrected chi connectivity index (χ0v) is 10.3. The monoisotopic (exact) mass is 278 g/mol. The van der Waals surface area contributed by atoms with Crippen molar-refractivity contribution in [1.82, 2.24) is 0 Å². The van der Waals surface area contributed by atoms with Crippen LogP contribution in [0.1, 0.15) is 10.4 Å². The van der Waals surface area contributed by atoms with Gasteiger partial charge < -0.3 is 15.8 Å². The Morgan fingerprint density at radius 2 is 1.75 bits per heavy atom. The molecule has 0 unspecified atom stereocenters. The minimum Gasteiger partial charge on any atom is -0.435 e. The van der Waals surface area contributed by atoms with Crippen LogP contribution in [0.3, 0.4) is 0 Å². The van der Waals surface area contributed by atoms with E-state index in [4.69, 9.17) is 5.73 Å². The fraction of sp³-hybridized carbons (Fsp3) is 0.0714. The summed E-state index contributed by atoms with van der Waals surface area (Å²) >= 11 is 0. The van der Waals surface area contributed by atoms with Crippen molar-refractivity contribution < 1.29 is 18.3 Å². The Bertz CT molecular complexity index is 600. The standard InChI is InChI=1S/C14H12F2N2O2/c15-14(16)20-10-7-5-9(6-8-10)18-13(19)11-3-1-2-4-12(11)17/h1-8,14H,17H2,(H,18,19). The molecule has 4 nitrogen and oxygen atoms in total. The largest absolute Gasteiger partial charge is 0.435 e. The van der Waals surface area contributed by atoms with Gasteiger partial charge in [0, 0.05) is 11.4 Å². The summed E-state index contributed by atoms with van der Waals surface area (Å²) in [5.41, 5.74) is 6.86. The summed E-state index contributed by atoms with van der Waals surface area (Å²) < 4.78 is 28.2. The van der Waals surface area contributed by atoms with Gasteiger partial charge in [0.1, 0.15) is 5.75 Å². The Labute approximate surface area is 114 Å². The van der Waals surface area contributed by atoms with Crippen LogP contribution in [0.25, 0.3) is 0 Å². The lowest BCUT2D eigenvalue weighted by Crippen LogP contribution is -2.13. The van der Waals surface area contributed by atoms with Crippen molar-refractivity contribution in [2.24, 2.45) is 0 Å². The molecule has 0 fully saturated rings. The first-order valence-corrected chi connectivity index (χ1v) is 5.77. The summed E-state index contributed by atoms with van der Waals surface area (Å²) in [7, 11) is 0. The van der Waals surface area contributed by atoms with Gasteiger partial charge in [-0.2, -0.15) is 8.78 Å². The molecule has 2 aromatic rings. The number of benzene rings is 2. The number of nitrogens with one attached hydrogen (secondary N) is 1. The maximum Gasteiger partial charge on any atom is 0.387 e.